The maximum atomic E-state index is 14.2. The quantitative estimate of drug-likeness (QED) is 0.390. The smallest absolute Gasteiger partial charge is 0.409 e. The number of esters is 1. The van der Waals surface area contributed by atoms with Crippen LogP contribution in [0.4, 0.5) is 13.6 Å². The van der Waals surface area contributed by atoms with Crippen molar-refractivity contribution in [2.24, 2.45) is 0 Å². The second-order valence-electron chi connectivity index (χ2n) is 5.78. The summed E-state index contributed by atoms with van der Waals surface area (Å²) in [5, 5.41) is 0. The summed E-state index contributed by atoms with van der Waals surface area (Å²) in [6.45, 7) is 0.793. The van der Waals surface area contributed by atoms with Gasteiger partial charge in [0.2, 0.25) is 0 Å². The normalized spacial score (nSPS) is 18.0. The highest BCUT2D eigenvalue weighted by atomic mass is 79.9. The molecule has 0 N–H and O–H groups in total. The van der Waals surface area contributed by atoms with E-state index < -0.39 is 46.0 Å². The van der Waals surface area contributed by atoms with E-state index in [-0.39, 0.29) is 25.1 Å². The summed E-state index contributed by atoms with van der Waals surface area (Å²) in [6.07, 6.45) is -0.938. The van der Waals surface area contributed by atoms with Gasteiger partial charge < -0.3 is 19.1 Å². The molecule has 1 aliphatic rings. The highest BCUT2D eigenvalue weighted by molar-refractivity contribution is 9.10. The van der Waals surface area contributed by atoms with E-state index in [1.54, 1.807) is 0 Å². The minimum Gasteiger partial charge on any atom is -0.465 e. The second kappa shape index (κ2) is 9.23. The fraction of sp³-hybridized carbons (Fsp3) is 0.471. The summed E-state index contributed by atoms with van der Waals surface area (Å²) in [7, 11) is 2.33. The third-order valence-corrected chi connectivity index (χ3v) is 4.83. The van der Waals surface area contributed by atoms with E-state index >= 15 is 0 Å². The number of alkyl halides is 1. The number of Topliss-reactive ketones (excluding diaryl/α,β-unsaturated/α-hetero) is 1. The van der Waals surface area contributed by atoms with Crippen molar-refractivity contribution in [3.63, 3.8) is 0 Å². The lowest BCUT2D eigenvalue weighted by Crippen LogP contribution is -2.46. The molecule has 0 aliphatic carbocycles. The third kappa shape index (κ3) is 5.01. The van der Waals surface area contributed by atoms with Gasteiger partial charge in [-0.2, -0.15) is 0 Å². The van der Waals surface area contributed by atoms with Gasteiger partial charge in [-0.25, -0.2) is 18.4 Å². The van der Waals surface area contributed by atoms with E-state index in [9.17, 15) is 23.2 Å². The standard InChI is InChI=1S/C17H18BrF2NO6/c1-25-16(23)9-5-12(19)14(13(20)6-9)15(22)11(18)7-10-8-21(3-4-27-10)17(24)26-2/h5-6,10-11H,3-4,7-8H2,1-2H3/t10-,11?/m0/s1. The van der Waals surface area contributed by atoms with Crippen LogP contribution in [0, 0.1) is 11.6 Å². The Morgan fingerprint density at radius 3 is 2.44 bits per heavy atom. The van der Waals surface area contributed by atoms with E-state index in [1.807, 2.05) is 0 Å². The molecule has 148 valence electrons. The predicted octanol–water partition coefficient (Wildman–Crippen LogP) is 2.55. The molecule has 1 aliphatic heterocycles. The molecule has 1 fully saturated rings. The number of rotatable bonds is 5. The molecule has 1 saturated heterocycles. The first-order valence-electron chi connectivity index (χ1n) is 7.98. The SMILES string of the molecule is COC(=O)c1cc(F)c(C(=O)C(Br)C[C@H]2CN(C(=O)OC)CCO2)c(F)c1. The van der Waals surface area contributed by atoms with Gasteiger partial charge >= 0.3 is 12.1 Å². The van der Waals surface area contributed by atoms with Crippen LogP contribution in [0.2, 0.25) is 0 Å². The van der Waals surface area contributed by atoms with Crippen LogP contribution in [0.1, 0.15) is 27.1 Å². The molecule has 0 bridgehead atoms. The van der Waals surface area contributed by atoms with Crippen LogP contribution in [0.3, 0.4) is 0 Å². The lowest BCUT2D eigenvalue weighted by Gasteiger charge is -2.32. The average Bonchev–Trinajstić information content (AvgIpc) is 2.66. The molecule has 7 nitrogen and oxygen atoms in total. The molecule has 0 spiro atoms. The largest absolute Gasteiger partial charge is 0.465 e. The van der Waals surface area contributed by atoms with Crippen LogP contribution in [0.15, 0.2) is 12.1 Å². The Morgan fingerprint density at radius 1 is 1.26 bits per heavy atom. The van der Waals surface area contributed by atoms with Gasteiger partial charge in [-0.1, -0.05) is 15.9 Å². The van der Waals surface area contributed by atoms with Crippen molar-refractivity contribution < 1.29 is 37.4 Å². The van der Waals surface area contributed by atoms with E-state index in [2.05, 4.69) is 25.4 Å². The average molecular weight is 450 g/mol. The number of morpholine rings is 1. The van der Waals surface area contributed by atoms with Crippen LogP contribution in [0.25, 0.3) is 0 Å². The van der Waals surface area contributed by atoms with Crippen LogP contribution in [-0.2, 0) is 14.2 Å². The number of halogens is 3. The number of carbonyl (C=O) groups excluding carboxylic acids is 3. The van der Waals surface area contributed by atoms with E-state index in [0.29, 0.717) is 6.54 Å². The number of hydrogen-bond donors (Lipinski definition) is 0. The predicted molar refractivity (Wildman–Crippen MR) is 93.1 cm³/mol. The van der Waals surface area contributed by atoms with Crippen LogP contribution in [-0.4, -0.2) is 67.6 Å². The fourth-order valence-electron chi connectivity index (χ4n) is 2.70. The van der Waals surface area contributed by atoms with Gasteiger partial charge in [0.25, 0.3) is 0 Å². The van der Waals surface area contributed by atoms with Gasteiger partial charge in [0.05, 0.1) is 49.4 Å². The molecule has 2 rings (SSSR count). The molecule has 2 atom stereocenters. The molecular weight excluding hydrogens is 432 g/mol. The maximum Gasteiger partial charge on any atom is 0.409 e. The van der Waals surface area contributed by atoms with Gasteiger partial charge in [0.1, 0.15) is 11.6 Å². The second-order valence-corrected chi connectivity index (χ2v) is 6.89. The van der Waals surface area contributed by atoms with Crippen molar-refractivity contribution in [1.82, 2.24) is 4.90 Å². The lowest BCUT2D eigenvalue weighted by molar-refractivity contribution is -0.0270. The highest BCUT2D eigenvalue weighted by Crippen LogP contribution is 2.24. The van der Waals surface area contributed by atoms with Crippen molar-refractivity contribution in [3.8, 4) is 0 Å². The molecule has 1 amide bonds. The van der Waals surface area contributed by atoms with Gasteiger partial charge in [0, 0.05) is 6.54 Å². The Bertz CT molecular complexity index is 721. The maximum absolute atomic E-state index is 14.2. The highest BCUT2D eigenvalue weighted by Gasteiger charge is 2.31. The molecule has 1 aromatic carbocycles. The van der Waals surface area contributed by atoms with Crippen LogP contribution in [0.5, 0.6) is 0 Å². The zero-order valence-corrected chi connectivity index (χ0v) is 16.3. The van der Waals surface area contributed by atoms with E-state index in [4.69, 9.17) is 4.74 Å². The number of hydrogen-bond acceptors (Lipinski definition) is 6. The fourth-order valence-corrected chi connectivity index (χ4v) is 3.34. The van der Waals surface area contributed by atoms with Crippen molar-refractivity contribution in [3.05, 3.63) is 34.9 Å². The van der Waals surface area contributed by atoms with Gasteiger partial charge in [-0.05, 0) is 18.6 Å². The Balaban J connectivity index is 2.11. The summed E-state index contributed by atoms with van der Waals surface area (Å²) >= 11 is 3.13. The zero-order valence-electron chi connectivity index (χ0n) is 14.7. The van der Waals surface area contributed by atoms with Crippen LogP contribution >= 0.6 is 15.9 Å². The number of methoxy groups -OCH3 is 2. The van der Waals surface area contributed by atoms with Crippen LogP contribution < -0.4 is 0 Å². The minimum absolute atomic E-state index is 0.0873. The first kappa shape index (κ1) is 21.2. The molecule has 0 aromatic heterocycles. The van der Waals surface area contributed by atoms with Crippen molar-refractivity contribution in [2.75, 3.05) is 33.9 Å². The lowest BCUT2D eigenvalue weighted by atomic mass is 10.0. The molecule has 1 heterocycles. The van der Waals surface area contributed by atoms with E-state index in [1.165, 1.54) is 12.0 Å². The Hall–Kier alpha value is -2.07. The molecular formula is C17H18BrF2NO6. The summed E-state index contributed by atoms with van der Waals surface area (Å²) in [4.78, 5) is 35.9. The number of ether oxygens (including phenoxy) is 3. The summed E-state index contributed by atoms with van der Waals surface area (Å²) in [5.74, 6) is -4.07. The Morgan fingerprint density at radius 2 is 1.89 bits per heavy atom. The molecule has 27 heavy (non-hydrogen) atoms. The molecule has 1 aromatic rings. The number of carbonyl (C=O) groups is 3. The number of benzene rings is 1. The first-order valence-corrected chi connectivity index (χ1v) is 8.90. The third-order valence-electron chi connectivity index (χ3n) is 4.04. The zero-order chi connectivity index (χ0) is 20.1. The topological polar surface area (TPSA) is 82.1 Å². The number of ketones is 1. The summed E-state index contributed by atoms with van der Waals surface area (Å²) in [6, 6.07) is 1.50. The number of amides is 1. The number of nitrogens with zero attached hydrogens (tertiary/aromatic N) is 1. The Labute approximate surface area is 162 Å². The van der Waals surface area contributed by atoms with Gasteiger partial charge in [-0.3, -0.25) is 4.79 Å². The van der Waals surface area contributed by atoms with Crippen molar-refractivity contribution >= 4 is 33.8 Å². The van der Waals surface area contributed by atoms with E-state index in [0.717, 1.165) is 19.2 Å². The minimum atomic E-state index is -1.16. The van der Waals surface area contributed by atoms with Crippen molar-refractivity contribution in [1.29, 1.82) is 0 Å². The summed E-state index contributed by atoms with van der Waals surface area (Å²) < 4.78 is 43.0. The van der Waals surface area contributed by atoms with Crippen molar-refractivity contribution in [2.45, 2.75) is 17.4 Å². The first-order chi connectivity index (χ1) is 12.8. The molecule has 1 unspecified atom stereocenters. The summed E-state index contributed by atoms with van der Waals surface area (Å²) in [5.41, 5.74) is -1.09. The monoisotopic (exact) mass is 449 g/mol. The van der Waals surface area contributed by atoms with Gasteiger partial charge in [-0.15, -0.1) is 0 Å². The molecule has 0 saturated carbocycles. The van der Waals surface area contributed by atoms with Gasteiger partial charge in [0.15, 0.2) is 5.78 Å². The Kier molecular flexibility index (Phi) is 7.25. The molecule has 0 radical (unpaired) electrons. The molecule has 10 heteroatoms.